The van der Waals surface area contributed by atoms with Gasteiger partial charge in [0.05, 0.1) is 25.7 Å². The van der Waals surface area contributed by atoms with Crippen molar-refractivity contribution in [1.29, 1.82) is 0 Å². The van der Waals surface area contributed by atoms with E-state index in [1.807, 2.05) is 18.2 Å². The van der Waals surface area contributed by atoms with Crippen molar-refractivity contribution in [3.8, 4) is 11.7 Å². The zero-order valence-electron chi connectivity index (χ0n) is 12.9. The van der Waals surface area contributed by atoms with Gasteiger partial charge in [0.25, 0.3) is 11.9 Å². The van der Waals surface area contributed by atoms with Gasteiger partial charge in [-0.25, -0.2) is 0 Å². The number of nitrogens with zero attached hydrogens (tertiary/aromatic N) is 1. The van der Waals surface area contributed by atoms with Crippen molar-refractivity contribution in [2.24, 2.45) is 0 Å². The molecule has 1 amide bonds. The van der Waals surface area contributed by atoms with Crippen LogP contribution in [0.5, 0.6) is 11.7 Å². The number of ether oxygens (including phenoxy) is 2. The number of carbonyl (C=O) groups excluding carboxylic acids is 1. The largest absolute Gasteiger partial charge is 0.481 e. The van der Waals surface area contributed by atoms with Gasteiger partial charge in [-0.1, -0.05) is 18.2 Å². The summed E-state index contributed by atoms with van der Waals surface area (Å²) in [4.78, 5) is 25.0. The topological polar surface area (TPSA) is 89.2 Å². The Morgan fingerprint density at radius 1 is 1.21 bits per heavy atom. The Balaban J connectivity index is 1.71. The molecule has 24 heavy (non-hydrogen) atoms. The average molecular weight is 331 g/mol. The Bertz CT molecular complexity index is 711. The molecule has 0 aliphatic carbocycles. The highest BCUT2D eigenvalue weighted by molar-refractivity contribution is 5.92. The first-order valence-corrected chi connectivity index (χ1v) is 7.57. The van der Waals surface area contributed by atoms with Crippen molar-refractivity contribution in [2.75, 3.05) is 19.8 Å². The van der Waals surface area contributed by atoms with Crippen LogP contribution in [0.3, 0.4) is 0 Å². The number of hydrogen-bond acceptors (Lipinski definition) is 5. The fourth-order valence-corrected chi connectivity index (χ4v) is 2.53. The van der Waals surface area contributed by atoms with E-state index < -0.39 is 12.0 Å². The summed E-state index contributed by atoms with van der Waals surface area (Å²) in [7, 11) is 0. The molecule has 0 bridgehead atoms. The first-order chi connectivity index (χ1) is 11.6. The van der Waals surface area contributed by atoms with Gasteiger partial charge in [-0.3, -0.25) is 9.59 Å². The van der Waals surface area contributed by atoms with Crippen molar-refractivity contribution >= 4 is 11.9 Å². The number of amides is 1. The van der Waals surface area contributed by atoms with Crippen LogP contribution in [0, 0.1) is 0 Å². The fraction of sp³-hybridized carbons (Fsp3) is 0.294. The maximum Gasteiger partial charge on any atom is 0.305 e. The molecule has 0 saturated carbocycles. The van der Waals surface area contributed by atoms with E-state index in [0.717, 1.165) is 0 Å². The van der Waals surface area contributed by atoms with Gasteiger partial charge in [0.2, 0.25) is 0 Å². The van der Waals surface area contributed by atoms with E-state index in [-0.39, 0.29) is 30.6 Å². The third-order valence-electron chi connectivity index (χ3n) is 3.65. The highest BCUT2D eigenvalue weighted by Gasteiger charge is 2.31. The summed E-state index contributed by atoms with van der Waals surface area (Å²) in [5.41, 5.74) is 0. The Morgan fingerprint density at radius 3 is 2.75 bits per heavy atom. The molecule has 1 fully saturated rings. The second-order valence-corrected chi connectivity index (χ2v) is 5.36. The first kappa shape index (κ1) is 16.1. The van der Waals surface area contributed by atoms with Crippen LogP contribution in [0.15, 0.2) is 46.9 Å². The number of carboxylic acid groups (broad SMARTS) is 1. The average Bonchev–Trinajstić information content (AvgIpc) is 3.03. The van der Waals surface area contributed by atoms with Gasteiger partial charge < -0.3 is 23.9 Å². The summed E-state index contributed by atoms with van der Waals surface area (Å²) >= 11 is 0. The number of aliphatic carboxylic acids is 1. The van der Waals surface area contributed by atoms with Gasteiger partial charge in [-0.05, 0) is 18.2 Å². The van der Waals surface area contributed by atoms with Gasteiger partial charge >= 0.3 is 5.97 Å². The number of furan rings is 1. The predicted octanol–water partition coefficient (Wildman–Crippen LogP) is 2.39. The van der Waals surface area contributed by atoms with Crippen LogP contribution in [-0.4, -0.2) is 47.7 Å². The van der Waals surface area contributed by atoms with E-state index >= 15 is 0 Å². The minimum absolute atomic E-state index is 0.109. The SMILES string of the molecule is O=C(O)C[C@@H]1COCCN1C(=O)c1ccc(Oc2ccccc2)o1. The Labute approximate surface area is 138 Å². The Hall–Kier alpha value is -2.80. The second kappa shape index (κ2) is 7.18. The highest BCUT2D eigenvalue weighted by Crippen LogP contribution is 2.25. The minimum Gasteiger partial charge on any atom is -0.481 e. The van der Waals surface area contributed by atoms with Crippen molar-refractivity contribution in [1.82, 2.24) is 4.90 Å². The normalized spacial score (nSPS) is 17.5. The predicted molar refractivity (Wildman–Crippen MR) is 83.1 cm³/mol. The number of hydrogen-bond donors (Lipinski definition) is 1. The second-order valence-electron chi connectivity index (χ2n) is 5.36. The highest BCUT2D eigenvalue weighted by atomic mass is 16.6. The molecule has 126 valence electrons. The van der Waals surface area contributed by atoms with Crippen LogP contribution < -0.4 is 4.74 Å². The van der Waals surface area contributed by atoms with Gasteiger partial charge in [0.1, 0.15) is 5.75 Å². The smallest absolute Gasteiger partial charge is 0.305 e. The lowest BCUT2D eigenvalue weighted by Gasteiger charge is -2.34. The molecule has 2 heterocycles. The lowest BCUT2D eigenvalue weighted by Crippen LogP contribution is -2.49. The molecule has 1 atom stereocenters. The quantitative estimate of drug-likeness (QED) is 0.905. The summed E-state index contributed by atoms with van der Waals surface area (Å²) < 4.78 is 16.3. The number of carbonyl (C=O) groups is 2. The van der Waals surface area contributed by atoms with Crippen LogP contribution in [0.4, 0.5) is 0 Å². The van der Waals surface area contributed by atoms with Gasteiger partial charge in [-0.15, -0.1) is 0 Å². The number of carboxylic acids is 1. The summed E-state index contributed by atoms with van der Waals surface area (Å²) in [6.45, 7) is 0.897. The van der Waals surface area contributed by atoms with E-state index in [9.17, 15) is 9.59 Å². The van der Waals surface area contributed by atoms with Gasteiger partial charge in [0, 0.05) is 12.6 Å². The molecule has 7 nitrogen and oxygen atoms in total. The number of para-hydroxylation sites is 1. The van der Waals surface area contributed by atoms with Gasteiger partial charge in [0.15, 0.2) is 5.76 Å². The van der Waals surface area contributed by atoms with E-state index in [1.54, 1.807) is 18.2 Å². The van der Waals surface area contributed by atoms with E-state index in [1.165, 1.54) is 11.0 Å². The monoisotopic (exact) mass is 331 g/mol. The van der Waals surface area contributed by atoms with Crippen LogP contribution in [0.2, 0.25) is 0 Å². The lowest BCUT2D eigenvalue weighted by atomic mass is 10.1. The first-order valence-electron chi connectivity index (χ1n) is 7.57. The zero-order chi connectivity index (χ0) is 16.9. The van der Waals surface area contributed by atoms with Crippen molar-refractivity contribution in [3.05, 3.63) is 48.2 Å². The maximum atomic E-state index is 12.6. The molecule has 1 aromatic heterocycles. The molecular formula is C17H17NO6. The summed E-state index contributed by atoms with van der Waals surface area (Å²) in [5.74, 6) is -0.435. The van der Waals surface area contributed by atoms with E-state index in [2.05, 4.69) is 0 Å². The fourth-order valence-electron chi connectivity index (χ4n) is 2.53. The third-order valence-corrected chi connectivity index (χ3v) is 3.65. The van der Waals surface area contributed by atoms with E-state index in [0.29, 0.717) is 18.9 Å². The number of morpholine rings is 1. The summed E-state index contributed by atoms with van der Waals surface area (Å²) in [6, 6.07) is 11.6. The Morgan fingerprint density at radius 2 is 2.00 bits per heavy atom. The lowest BCUT2D eigenvalue weighted by molar-refractivity contribution is -0.139. The molecule has 7 heteroatoms. The number of rotatable bonds is 5. The molecule has 0 spiro atoms. The molecule has 2 aromatic rings. The van der Waals surface area contributed by atoms with Crippen LogP contribution in [0.25, 0.3) is 0 Å². The van der Waals surface area contributed by atoms with E-state index in [4.69, 9.17) is 19.0 Å². The van der Waals surface area contributed by atoms with Crippen molar-refractivity contribution < 1.29 is 28.6 Å². The van der Waals surface area contributed by atoms with Crippen molar-refractivity contribution in [3.63, 3.8) is 0 Å². The minimum atomic E-state index is -0.976. The van der Waals surface area contributed by atoms with Crippen LogP contribution >= 0.6 is 0 Å². The molecular weight excluding hydrogens is 314 g/mol. The number of benzene rings is 1. The van der Waals surface area contributed by atoms with Crippen LogP contribution in [0.1, 0.15) is 17.0 Å². The standard InChI is InChI=1S/C17H17NO6/c19-15(20)10-12-11-22-9-8-18(12)17(21)14-6-7-16(24-14)23-13-4-2-1-3-5-13/h1-7,12H,8-11H2,(H,19,20)/t12-/m1/s1. The molecule has 1 aliphatic rings. The summed E-state index contributed by atoms with van der Waals surface area (Å²) in [5, 5.41) is 8.97. The third kappa shape index (κ3) is 3.75. The maximum absolute atomic E-state index is 12.6. The Kier molecular flexibility index (Phi) is 4.81. The van der Waals surface area contributed by atoms with Crippen LogP contribution in [-0.2, 0) is 9.53 Å². The molecule has 0 radical (unpaired) electrons. The molecule has 1 saturated heterocycles. The van der Waals surface area contributed by atoms with Gasteiger partial charge in [-0.2, -0.15) is 0 Å². The zero-order valence-corrected chi connectivity index (χ0v) is 12.9. The molecule has 0 unspecified atom stereocenters. The molecule has 1 N–H and O–H groups in total. The summed E-state index contributed by atoms with van der Waals surface area (Å²) in [6.07, 6.45) is -0.167. The van der Waals surface area contributed by atoms with Crippen molar-refractivity contribution in [2.45, 2.75) is 12.5 Å². The molecule has 1 aliphatic heterocycles. The molecule has 1 aromatic carbocycles. The molecule has 3 rings (SSSR count).